The molecule has 0 radical (unpaired) electrons. The summed E-state index contributed by atoms with van der Waals surface area (Å²) in [4.78, 5) is 11.3. The highest BCUT2D eigenvalue weighted by atomic mass is 16.2. The first kappa shape index (κ1) is 10.6. The van der Waals surface area contributed by atoms with Crippen LogP contribution in [-0.4, -0.2) is 21.8 Å². The zero-order chi connectivity index (χ0) is 10.6. The average Bonchev–Trinajstić information content (AvgIpc) is 2.49. The Kier molecular flexibility index (Phi) is 3.11. The number of H-pyrrole nitrogens is 1. The number of nitrogens with one attached hydrogen (secondary N) is 3. The number of carbonyl (C=O) groups is 1. The van der Waals surface area contributed by atoms with Gasteiger partial charge in [-0.25, -0.2) is 4.79 Å². The summed E-state index contributed by atoms with van der Waals surface area (Å²) in [6.07, 6.45) is 3.43. The molecule has 0 aliphatic heterocycles. The highest BCUT2D eigenvalue weighted by Crippen LogP contribution is 1.98. The molecule has 1 aromatic heterocycles. The molecular weight excluding hydrogens is 180 g/mol. The van der Waals surface area contributed by atoms with Gasteiger partial charge in [-0.1, -0.05) is 0 Å². The van der Waals surface area contributed by atoms with Crippen molar-refractivity contribution in [2.45, 2.75) is 32.9 Å². The van der Waals surface area contributed by atoms with Gasteiger partial charge in [0.05, 0.1) is 6.20 Å². The normalized spacial score (nSPS) is 11.1. The summed E-state index contributed by atoms with van der Waals surface area (Å²) in [6.45, 7) is 6.29. The zero-order valence-electron chi connectivity index (χ0n) is 8.72. The van der Waals surface area contributed by atoms with E-state index in [1.165, 1.54) is 0 Å². The van der Waals surface area contributed by atoms with Crippen LogP contribution in [-0.2, 0) is 6.54 Å². The van der Waals surface area contributed by atoms with Gasteiger partial charge >= 0.3 is 6.03 Å². The topological polar surface area (TPSA) is 69.8 Å². The van der Waals surface area contributed by atoms with Crippen LogP contribution < -0.4 is 10.6 Å². The summed E-state index contributed by atoms with van der Waals surface area (Å²) in [5, 5.41) is 12.0. The van der Waals surface area contributed by atoms with Crippen LogP contribution in [0.15, 0.2) is 12.4 Å². The summed E-state index contributed by atoms with van der Waals surface area (Å²) in [5.41, 5.74) is 0.745. The fourth-order valence-electron chi connectivity index (χ4n) is 0.941. The van der Waals surface area contributed by atoms with Crippen LogP contribution in [0.5, 0.6) is 0 Å². The third kappa shape index (κ3) is 3.93. The summed E-state index contributed by atoms with van der Waals surface area (Å²) in [7, 11) is 0. The van der Waals surface area contributed by atoms with Gasteiger partial charge in [-0.05, 0) is 20.8 Å². The molecule has 0 aliphatic rings. The largest absolute Gasteiger partial charge is 0.334 e. The van der Waals surface area contributed by atoms with Gasteiger partial charge in [0, 0.05) is 23.8 Å². The van der Waals surface area contributed by atoms with Crippen LogP contribution in [0.25, 0.3) is 0 Å². The first-order valence-corrected chi connectivity index (χ1v) is 4.51. The Morgan fingerprint density at radius 3 is 2.79 bits per heavy atom. The number of urea groups is 1. The molecule has 5 heteroatoms. The number of hydrogen-bond donors (Lipinski definition) is 3. The third-order valence-electron chi connectivity index (χ3n) is 1.50. The van der Waals surface area contributed by atoms with Crippen molar-refractivity contribution in [3.63, 3.8) is 0 Å². The molecule has 2 amide bonds. The lowest BCUT2D eigenvalue weighted by Crippen LogP contribution is -2.46. The zero-order valence-corrected chi connectivity index (χ0v) is 8.72. The van der Waals surface area contributed by atoms with Crippen LogP contribution in [0, 0.1) is 0 Å². The van der Waals surface area contributed by atoms with Crippen molar-refractivity contribution in [3.8, 4) is 0 Å². The molecule has 1 aromatic rings. The predicted octanol–water partition coefficient (Wildman–Crippen LogP) is 1.01. The van der Waals surface area contributed by atoms with E-state index in [1.54, 1.807) is 12.4 Å². The molecule has 1 heterocycles. The van der Waals surface area contributed by atoms with Gasteiger partial charge in [-0.2, -0.15) is 5.10 Å². The second-order valence-electron chi connectivity index (χ2n) is 4.16. The third-order valence-corrected chi connectivity index (χ3v) is 1.50. The van der Waals surface area contributed by atoms with Gasteiger partial charge in [0.2, 0.25) is 0 Å². The maximum Gasteiger partial charge on any atom is 0.315 e. The molecule has 0 atom stereocenters. The van der Waals surface area contributed by atoms with E-state index >= 15 is 0 Å². The summed E-state index contributed by atoms with van der Waals surface area (Å²) in [6, 6.07) is -0.168. The van der Waals surface area contributed by atoms with E-state index in [1.807, 2.05) is 20.8 Å². The Balaban J connectivity index is 2.29. The molecule has 78 valence electrons. The molecule has 1 rings (SSSR count). The second kappa shape index (κ2) is 4.13. The molecule has 14 heavy (non-hydrogen) atoms. The molecule has 0 aliphatic carbocycles. The Morgan fingerprint density at radius 1 is 1.57 bits per heavy atom. The number of amides is 2. The van der Waals surface area contributed by atoms with Gasteiger partial charge < -0.3 is 10.6 Å². The van der Waals surface area contributed by atoms with Gasteiger partial charge in [-0.3, -0.25) is 5.10 Å². The standard InChI is InChI=1S/C9H16N4O/c1-9(2,3)13-8(14)10-4-7-5-11-12-6-7/h5-6H,4H2,1-3H3,(H,11,12)(H2,10,13,14). The number of carbonyl (C=O) groups excluding carboxylic acids is 1. The molecule has 0 saturated heterocycles. The minimum Gasteiger partial charge on any atom is -0.334 e. The van der Waals surface area contributed by atoms with Crippen molar-refractivity contribution in [1.82, 2.24) is 20.8 Å². The molecular formula is C9H16N4O. The minimum absolute atomic E-state index is 0.168. The predicted molar refractivity (Wildman–Crippen MR) is 53.7 cm³/mol. The number of hydrogen-bond acceptors (Lipinski definition) is 2. The molecule has 0 saturated carbocycles. The Labute approximate surface area is 83.3 Å². The van der Waals surface area contributed by atoms with Gasteiger partial charge in [0.1, 0.15) is 0 Å². The lowest BCUT2D eigenvalue weighted by molar-refractivity contribution is 0.231. The summed E-state index contributed by atoms with van der Waals surface area (Å²) >= 11 is 0. The SMILES string of the molecule is CC(C)(C)NC(=O)NCc1cn[nH]c1. The number of nitrogens with zero attached hydrogens (tertiary/aromatic N) is 1. The smallest absolute Gasteiger partial charge is 0.315 e. The van der Waals surface area contributed by atoms with E-state index < -0.39 is 0 Å². The lowest BCUT2D eigenvalue weighted by atomic mass is 10.1. The molecule has 0 unspecified atom stereocenters. The first-order valence-electron chi connectivity index (χ1n) is 4.51. The number of aromatic amines is 1. The highest BCUT2D eigenvalue weighted by molar-refractivity contribution is 5.74. The lowest BCUT2D eigenvalue weighted by Gasteiger charge is -2.20. The van der Waals surface area contributed by atoms with Crippen LogP contribution >= 0.6 is 0 Å². The number of aromatic nitrogens is 2. The maximum atomic E-state index is 11.3. The average molecular weight is 196 g/mol. The van der Waals surface area contributed by atoms with Crippen LogP contribution in [0.4, 0.5) is 4.79 Å². The minimum atomic E-state index is -0.208. The fraction of sp³-hybridized carbons (Fsp3) is 0.556. The molecule has 3 N–H and O–H groups in total. The van der Waals surface area contributed by atoms with Crippen molar-refractivity contribution in [2.24, 2.45) is 0 Å². The van der Waals surface area contributed by atoms with E-state index in [2.05, 4.69) is 20.8 Å². The monoisotopic (exact) mass is 196 g/mol. The van der Waals surface area contributed by atoms with Crippen molar-refractivity contribution >= 4 is 6.03 Å². The van der Waals surface area contributed by atoms with E-state index in [9.17, 15) is 4.79 Å². The van der Waals surface area contributed by atoms with Crippen molar-refractivity contribution in [1.29, 1.82) is 0 Å². The van der Waals surface area contributed by atoms with E-state index in [0.29, 0.717) is 6.54 Å². The quantitative estimate of drug-likeness (QED) is 0.660. The van der Waals surface area contributed by atoms with Crippen LogP contribution in [0.2, 0.25) is 0 Å². The molecule has 0 fully saturated rings. The maximum absolute atomic E-state index is 11.3. The first-order chi connectivity index (χ1) is 6.47. The molecule has 5 nitrogen and oxygen atoms in total. The fourth-order valence-corrected chi connectivity index (χ4v) is 0.941. The Hall–Kier alpha value is -1.52. The molecule has 0 bridgehead atoms. The van der Waals surface area contributed by atoms with Gasteiger partial charge in [-0.15, -0.1) is 0 Å². The number of rotatable bonds is 2. The van der Waals surface area contributed by atoms with Gasteiger partial charge in [0.15, 0.2) is 0 Å². The Morgan fingerprint density at radius 2 is 2.29 bits per heavy atom. The second-order valence-corrected chi connectivity index (χ2v) is 4.16. The van der Waals surface area contributed by atoms with Crippen LogP contribution in [0.3, 0.4) is 0 Å². The summed E-state index contributed by atoms with van der Waals surface area (Å²) < 4.78 is 0. The van der Waals surface area contributed by atoms with Crippen molar-refractivity contribution < 1.29 is 4.79 Å². The molecule has 0 spiro atoms. The Bertz CT molecular complexity index is 286. The highest BCUT2D eigenvalue weighted by Gasteiger charge is 2.12. The van der Waals surface area contributed by atoms with Crippen LogP contribution in [0.1, 0.15) is 26.3 Å². The summed E-state index contributed by atoms with van der Waals surface area (Å²) in [5.74, 6) is 0. The van der Waals surface area contributed by atoms with Crippen molar-refractivity contribution in [2.75, 3.05) is 0 Å². The van der Waals surface area contributed by atoms with E-state index in [0.717, 1.165) is 5.56 Å². The van der Waals surface area contributed by atoms with E-state index in [-0.39, 0.29) is 11.6 Å². The van der Waals surface area contributed by atoms with Gasteiger partial charge in [0.25, 0.3) is 0 Å². The van der Waals surface area contributed by atoms with E-state index in [4.69, 9.17) is 0 Å². The molecule has 0 aromatic carbocycles. The van der Waals surface area contributed by atoms with Crippen molar-refractivity contribution in [3.05, 3.63) is 18.0 Å².